The molecule has 90 valence electrons. The molecule has 2 rings (SSSR count). The van der Waals surface area contributed by atoms with E-state index in [2.05, 4.69) is 25.8 Å². The van der Waals surface area contributed by atoms with Crippen LogP contribution in [0.5, 0.6) is 0 Å². The lowest BCUT2D eigenvalue weighted by atomic mass is 10.5. The molecule has 3 N–H and O–H groups in total. The molecule has 0 saturated carbocycles. The van der Waals surface area contributed by atoms with Crippen molar-refractivity contribution in [3.05, 3.63) is 17.8 Å². The minimum Gasteiger partial charge on any atom is -0.408 e. The zero-order valence-corrected chi connectivity index (χ0v) is 9.12. The first-order chi connectivity index (χ1) is 8.17. The number of carbonyl (C=O) groups excluding carboxylic acids is 1. The molecule has 0 spiro atoms. The molecule has 9 nitrogen and oxygen atoms in total. The summed E-state index contributed by atoms with van der Waals surface area (Å²) in [5, 5.41) is 17.1. The van der Waals surface area contributed by atoms with Gasteiger partial charge in [0.15, 0.2) is 0 Å². The van der Waals surface area contributed by atoms with E-state index in [0.29, 0.717) is 11.6 Å². The van der Waals surface area contributed by atoms with Gasteiger partial charge in [0.05, 0.1) is 11.9 Å². The van der Waals surface area contributed by atoms with E-state index in [1.807, 2.05) is 0 Å². The molecule has 1 amide bonds. The van der Waals surface area contributed by atoms with Gasteiger partial charge in [-0.2, -0.15) is 0 Å². The highest BCUT2D eigenvalue weighted by molar-refractivity contribution is 5.88. The van der Waals surface area contributed by atoms with Crippen molar-refractivity contribution < 1.29 is 9.21 Å². The van der Waals surface area contributed by atoms with Gasteiger partial charge in [-0.25, -0.2) is 4.68 Å². The highest BCUT2D eigenvalue weighted by Gasteiger charge is 2.09. The lowest BCUT2D eigenvalue weighted by Gasteiger charge is -1.99. The largest absolute Gasteiger partial charge is 0.408 e. The van der Waals surface area contributed by atoms with Crippen LogP contribution in [0.25, 0.3) is 0 Å². The second-order valence-corrected chi connectivity index (χ2v) is 3.29. The van der Waals surface area contributed by atoms with E-state index < -0.39 is 0 Å². The summed E-state index contributed by atoms with van der Waals surface area (Å²) in [6, 6.07) is 0.0617. The molecule has 0 unspecified atom stereocenters. The maximum absolute atomic E-state index is 11.5. The van der Waals surface area contributed by atoms with Crippen molar-refractivity contribution in [3.63, 3.8) is 0 Å². The summed E-state index contributed by atoms with van der Waals surface area (Å²) in [6.07, 6.45) is 1.60. The first kappa shape index (κ1) is 11.2. The monoisotopic (exact) mass is 237 g/mol. The molecular weight excluding hydrogens is 226 g/mol. The molecule has 0 bridgehead atoms. The van der Waals surface area contributed by atoms with Crippen LogP contribution in [-0.2, 0) is 17.9 Å². The molecule has 0 aliphatic heterocycles. The molecule has 0 radical (unpaired) electrons. The zero-order valence-electron chi connectivity index (χ0n) is 9.12. The van der Waals surface area contributed by atoms with Gasteiger partial charge < -0.3 is 10.2 Å². The molecule has 0 aromatic carbocycles. The fourth-order valence-electron chi connectivity index (χ4n) is 1.16. The van der Waals surface area contributed by atoms with Crippen LogP contribution >= 0.6 is 0 Å². The second-order valence-electron chi connectivity index (χ2n) is 3.29. The summed E-state index contributed by atoms with van der Waals surface area (Å²) in [4.78, 5) is 11.5. The molecule has 2 aromatic heterocycles. The third-order valence-electron chi connectivity index (χ3n) is 1.87. The Morgan fingerprint density at radius 2 is 2.35 bits per heavy atom. The number of nitrogens with two attached hydrogens (primary N) is 1. The summed E-state index contributed by atoms with van der Waals surface area (Å²) in [7, 11) is 0. The Balaban J connectivity index is 1.93. The van der Waals surface area contributed by atoms with Crippen molar-refractivity contribution in [2.75, 3.05) is 5.32 Å². The van der Waals surface area contributed by atoms with Crippen LogP contribution in [0, 0.1) is 6.92 Å². The average molecular weight is 237 g/mol. The Kier molecular flexibility index (Phi) is 3.10. The number of hydrogen-bond donors (Lipinski definition) is 2. The molecule has 2 aromatic rings. The van der Waals surface area contributed by atoms with Crippen molar-refractivity contribution in [2.24, 2.45) is 5.73 Å². The van der Waals surface area contributed by atoms with Crippen LogP contribution in [0.2, 0.25) is 0 Å². The number of amides is 1. The summed E-state index contributed by atoms with van der Waals surface area (Å²) < 4.78 is 6.37. The number of anilines is 1. The van der Waals surface area contributed by atoms with E-state index in [0.717, 1.165) is 0 Å². The Bertz CT molecular complexity index is 517. The zero-order chi connectivity index (χ0) is 12.3. The Morgan fingerprint density at radius 3 is 2.94 bits per heavy atom. The number of aryl methyl sites for hydroxylation is 1. The predicted octanol–water partition coefficient (Wildman–Crippen LogP) is -0.933. The van der Waals surface area contributed by atoms with E-state index in [1.165, 1.54) is 4.68 Å². The third-order valence-corrected chi connectivity index (χ3v) is 1.87. The van der Waals surface area contributed by atoms with E-state index in [1.54, 1.807) is 13.1 Å². The van der Waals surface area contributed by atoms with Crippen LogP contribution in [0.1, 0.15) is 11.6 Å². The molecular formula is C8H11N7O2. The average Bonchev–Trinajstić information content (AvgIpc) is 2.88. The smallest absolute Gasteiger partial charge is 0.322 e. The van der Waals surface area contributed by atoms with Crippen molar-refractivity contribution in [3.8, 4) is 0 Å². The van der Waals surface area contributed by atoms with Gasteiger partial charge in [0, 0.05) is 13.5 Å². The topological polar surface area (TPSA) is 125 Å². The Morgan fingerprint density at radius 1 is 1.53 bits per heavy atom. The third kappa shape index (κ3) is 2.84. The maximum Gasteiger partial charge on any atom is 0.322 e. The van der Waals surface area contributed by atoms with Gasteiger partial charge in [-0.05, 0) is 0 Å². The molecule has 0 saturated heterocycles. The molecule has 17 heavy (non-hydrogen) atoms. The number of aromatic nitrogens is 5. The SMILES string of the molecule is Cc1nnc(NC(=O)Cn2cc(CN)nn2)o1. The highest BCUT2D eigenvalue weighted by Crippen LogP contribution is 2.03. The van der Waals surface area contributed by atoms with E-state index in [4.69, 9.17) is 10.2 Å². The molecule has 0 aliphatic carbocycles. The fourth-order valence-corrected chi connectivity index (χ4v) is 1.16. The van der Waals surface area contributed by atoms with Crippen molar-refractivity contribution in [1.82, 2.24) is 25.2 Å². The minimum absolute atomic E-state index is 0.00836. The van der Waals surface area contributed by atoms with Crippen LogP contribution in [-0.4, -0.2) is 31.1 Å². The maximum atomic E-state index is 11.5. The van der Waals surface area contributed by atoms with E-state index in [9.17, 15) is 4.79 Å². The van der Waals surface area contributed by atoms with Gasteiger partial charge in [0.1, 0.15) is 6.54 Å². The van der Waals surface area contributed by atoms with Crippen LogP contribution in [0.15, 0.2) is 10.6 Å². The van der Waals surface area contributed by atoms with Gasteiger partial charge in [-0.1, -0.05) is 10.3 Å². The lowest BCUT2D eigenvalue weighted by molar-refractivity contribution is -0.117. The number of nitrogens with zero attached hydrogens (tertiary/aromatic N) is 5. The second kappa shape index (κ2) is 4.70. The Hall–Kier alpha value is -2.29. The molecule has 9 heteroatoms. The van der Waals surface area contributed by atoms with Gasteiger partial charge in [-0.15, -0.1) is 10.2 Å². The number of hydrogen-bond acceptors (Lipinski definition) is 7. The standard InChI is InChI=1S/C8H11N7O2/c1-5-11-13-8(17-5)10-7(16)4-15-3-6(2-9)12-14-15/h3H,2,4,9H2,1H3,(H,10,13,16). The van der Waals surface area contributed by atoms with Gasteiger partial charge >= 0.3 is 6.01 Å². The van der Waals surface area contributed by atoms with Crippen molar-refractivity contribution in [1.29, 1.82) is 0 Å². The van der Waals surface area contributed by atoms with Crippen LogP contribution in [0.3, 0.4) is 0 Å². The van der Waals surface area contributed by atoms with Gasteiger partial charge in [0.2, 0.25) is 11.8 Å². The lowest BCUT2D eigenvalue weighted by Crippen LogP contribution is -2.19. The molecule has 0 fully saturated rings. The van der Waals surface area contributed by atoms with Gasteiger partial charge in [-0.3, -0.25) is 10.1 Å². The van der Waals surface area contributed by atoms with E-state index in [-0.39, 0.29) is 25.0 Å². The summed E-state index contributed by atoms with van der Waals surface area (Å²) in [6.45, 7) is 1.92. The molecule has 0 aliphatic rings. The fraction of sp³-hybridized carbons (Fsp3) is 0.375. The Labute approximate surface area is 96.0 Å². The van der Waals surface area contributed by atoms with E-state index >= 15 is 0 Å². The molecule has 0 atom stereocenters. The number of nitrogens with one attached hydrogen (secondary N) is 1. The summed E-state index contributed by atoms with van der Waals surface area (Å²) >= 11 is 0. The quantitative estimate of drug-likeness (QED) is 0.703. The summed E-state index contributed by atoms with van der Waals surface area (Å²) in [5.41, 5.74) is 5.99. The first-order valence-corrected chi connectivity index (χ1v) is 4.86. The number of rotatable bonds is 4. The minimum atomic E-state index is -0.331. The predicted molar refractivity (Wildman–Crippen MR) is 55.6 cm³/mol. The van der Waals surface area contributed by atoms with Gasteiger partial charge in [0.25, 0.3) is 0 Å². The highest BCUT2D eigenvalue weighted by atomic mass is 16.4. The molecule has 2 heterocycles. The normalized spacial score (nSPS) is 10.5. The van der Waals surface area contributed by atoms with Crippen LogP contribution < -0.4 is 11.1 Å². The first-order valence-electron chi connectivity index (χ1n) is 4.86. The summed E-state index contributed by atoms with van der Waals surface area (Å²) in [5.74, 6) is 0.0496. The number of carbonyl (C=O) groups is 1. The van der Waals surface area contributed by atoms with Crippen molar-refractivity contribution >= 4 is 11.9 Å². The van der Waals surface area contributed by atoms with Crippen LogP contribution in [0.4, 0.5) is 6.01 Å². The van der Waals surface area contributed by atoms with Crippen molar-refractivity contribution in [2.45, 2.75) is 20.0 Å².